The van der Waals surface area contributed by atoms with E-state index in [0.717, 1.165) is 22.4 Å². The first kappa shape index (κ1) is 22.4. The van der Waals surface area contributed by atoms with E-state index in [1.165, 1.54) is 11.8 Å². The van der Waals surface area contributed by atoms with E-state index in [2.05, 4.69) is 9.97 Å². The molecule has 1 N–H and O–H groups in total. The minimum Gasteiger partial charge on any atom is -0.309 e. The number of para-hydroxylation sites is 1. The van der Waals surface area contributed by atoms with Crippen LogP contribution in [0.2, 0.25) is 5.02 Å². The highest BCUT2D eigenvalue weighted by molar-refractivity contribution is 7.98. The summed E-state index contributed by atoms with van der Waals surface area (Å²) in [5.41, 5.74) is 4.61. The van der Waals surface area contributed by atoms with Crippen molar-refractivity contribution in [2.24, 2.45) is 0 Å². The van der Waals surface area contributed by atoms with Crippen molar-refractivity contribution in [3.8, 4) is 5.69 Å². The molecule has 0 amide bonds. The lowest BCUT2D eigenvalue weighted by Gasteiger charge is -2.16. The third-order valence-corrected chi connectivity index (χ3v) is 7.13. The zero-order chi connectivity index (χ0) is 24.0. The summed E-state index contributed by atoms with van der Waals surface area (Å²) < 4.78 is 1.63. The monoisotopic (exact) mass is 488 g/mol. The number of aromatic amines is 1. The molecule has 0 unspecified atom stereocenters. The van der Waals surface area contributed by atoms with Crippen molar-refractivity contribution < 1.29 is 0 Å². The van der Waals surface area contributed by atoms with Crippen molar-refractivity contribution in [1.29, 1.82) is 0 Å². The first-order valence-corrected chi connectivity index (χ1v) is 12.1. The van der Waals surface area contributed by atoms with Gasteiger partial charge in [0.1, 0.15) is 5.82 Å². The van der Waals surface area contributed by atoms with Gasteiger partial charge in [0.25, 0.3) is 11.1 Å². The Labute approximate surface area is 204 Å². The number of nitrogens with one attached hydrogen (secondary N) is 1. The van der Waals surface area contributed by atoms with E-state index in [1.807, 2.05) is 51.1 Å². The van der Waals surface area contributed by atoms with E-state index in [9.17, 15) is 9.59 Å². The number of halogens is 1. The first-order valence-electron chi connectivity index (χ1n) is 10.7. The number of nitrogens with zero attached hydrogens (tertiary/aromatic N) is 3. The summed E-state index contributed by atoms with van der Waals surface area (Å²) in [5.74, 6) is 0.854. The quantitative estimate of drug-likeness (QED) is 0.267. The standard InChI is InChI=1S/C26H21ClN4O2S/c1-14-6-5-9-21(16(14)3)31-25(33)18-11-10-17(27)12-20(18)28-26(31)34-13-22-29-23-15(2)7-4-8-19(23)24(32)30-22/h4-12H,13H2,1-3H3,(H,29,30,32). The Morgan fingerprint density at radius 1 is 0.941 bits per heavy atom. The molecule has 5 rings (SSSR count). The van der Waals surface area contributed by atoms with Gasteiger partial charge in [-0.25, -0.2) is 9.97 Å². The van der Waals surface area contributed by atoms with Crippen LogP contribution in [0.15, 0.2) is 69.3 Å². The lowest BCUT2D eigenvalue weighted by atomic mass is 10.1. The second-order valence-electron chi connectivity index (χ2n) is 8.19. The highest BCUT2D eigenvalue weighted by atomic mass is 35.5. The van der Waals surface area contributed by atoms with Gasteiger partial charge in [-0.1, -0.05) is 47.6 Å². The molecule has 0 saturated heterocycles. The van der Waals surface area contributed by atoms with Gasteiger partial charge in [0.2, 0.25) is 0 Å². The molecule has 0 aliphatic rings. The minimum absolute atomic E-state index is 0.173. The van der Waals surface area contributed by atoms with Crippen LogP contribution in [-0.2, 0) is 5.75 Å². The first-order chi connectivity index (χ1) is 16.3. The van der Waals surface area contributed by atoms with E-state index in [1.54, 1.807) is 28.8 Å². The number of rotatable bonds is 4. The number of benzene rings is 3. The molecule has 0 fully saturated rings. The molecule has 0 aliphatic heterocycles. The largest absolute Gasteiger partial charge is 0.309 e. The average Bonchev–Trinajstić information content (AvgIpc) is 2.80. The van der Waals surface area contributed by atoms with E-state index in [-0.39, 0.29) is 11.1 Å². The zero-order valence-electron chi connectivity index (χ0n) is 18.8. The number of H-pyrrole nitrogens is 1. The molecule has 0 atom stereocenters. The molecule has 0 aliphatic carbocycles. The Kier molecular flexibility index (Phi) is 5.75. The summed E-state index contributed by atoms with van der Waals surface area (Å²) in [6.07, 6.45) is 0. The van der Waals surface area contributed by atoms with Gasteiger partial charge in [-0.15, -0.1) is 0 Å². The van der Waals surface area contributed by atoms with Crippen molar-refractivity contribution in [3.63, 3.8) is 0 Å². The SMILES string of the molecule is Cc1cccc(-n2c(SCc3nc4c(C)cccc4c(=O)[nH]3)nc3cc(Cl)ccc3c2=O)c1C. The van der Waals surface area contributed by atoms with Gasteiger partial charge in [-0.3, -0.25) is 14.2 Å². The van der Waals surface area contributed by atoms with Crippen LogP contribution in [0.4, 0.5) is 0 Å². The van der Waals surface area contributed by atoms with E-state index >= 15 is 0 Å². The maximum Gasteiger partial charge on any atom is 0.266 e. The van der Waals surface area contributed by atoms with E-state index in [4.69, 9.17) is 16.6 Å². The van der Waals surface area contributed by atoms with Gasteiger partial charge in [0.05, 0.1) is 33.2 Å². The molecular formula is C26H21ClN4O2S. The molecular weight excluding hydrogens is 468 g/mol. The topological polar surface area (TPSA) is 80.6 Å². The highest BCUT2D eigenvalue weighted by Gasteiger charge is 2.17. The number of thioether (sulfide) groups is 1. The molecule has 3 aromatic carbocycles. The van der Waals surface area contributed by atoms with Crippen LogP contribution in [0.3, 0.4) is 0 Å². The molecule has 0 bridgehead atoms. The fourth-order valence-corrected chi connectivity index (χ4v) is 5.02. The molecule has 170 valence electrons. The highest BCUT2D eigenvalue weighted by Crippen LogP contribution is 2.27. The number of hydrogen-bond donors (Lipinski definition) is 1. The van der Waals surface area contributed by atoms with Crippen LogP contribution in [0.1, 0.15) is 22.5 Å². The lowest BCUT2D eigenvalue weighted by molar-refractivity contribution is 0.812. The van der Waals surface area contributed by atoms with Crippen LogP contribution >= 0.6 is 23.4 Å². The Morgan fingerprint density at radius 2 is 1.71 bits per heavy atom. The normalized spacial score (nSPS) is 11.4. The maximum atomic E-state index is 13.6. The summed E-state index contributed by atoms with van der Waals surface area (Å²) in [5, 5.41) is 2.05. The van der Waals surface area contributed by atoms with Gasteiger partial charge in [0.15, 0.2) is 5.16 Å². The molecule has 0 saturated carbocycles. The molecule has 0 radical (unpaired) electrons. The fraction of sp³-hybridized carbons (Fsp3) is 0.154. The molecule has 34 heavy (non-hydrogen) atoms. The second kappa shape index (κ2) is 8.74. The predicted octanol–water partition coefficient (Wildman–Crippen LogP) is 5.49. The van der Waals surface area contributed by atoms with Crippen LogP contribution in [0.25, 0.3) is 27.5 Å². The Hall–Kier alpha value is -3.42. The van der Waals surface area contributed by atoms with Crippen molar-refractivity contribution in [1.82, 2.24) is 19.5 Å². The van der Waals surface area contributed by atoms with Crippen LogP contribution < -0.4 is 11.1 Å². The van der Waals surface area contributed by atoms with Crippen molar-refractivity contribution in [2.75, 3.05) is 0 Å². The van der Waals surface area contributed by atoms with Crippen LogP contribution in [0.5, 0.6) is 0 Å². The van der Waals surface area contributed by atoms with E-state index in [0.29, 0.717) is 43.6 Å². The third-order valence-electron chi connectivity index (χ3n) is 5.94. The van der Waals surface area contributed by atoms with Gasteiger partial charge >= 0.3 is 0 Å². The fourth-order valence-electron chi connectivity index (χ4n) is 3.98. The van der Waals surface area contributed by atoms with Gasteiger partial charge in [-0.2, -0.15) is 0 Å². The number of aromatic nitrogens is 4. The molecule has 2 heterocycles. The molecule has 8 heteroatoms. The Balaban J connectivity index is 1.66. The predicted molar refractivity (Wildman–Crippen MR) is 138 cm³/mol. The number of aryl methyl sites for hydroxylation is 2. The number of hydrogen-bond acceptors (Lipinski definition) is 5. The van der Waals surface area contributed by atoms with Crippen molar-refractivity contribution in [3.05, 3.63) is 103 Å². The Morgan fingerprint density at radius 3 is 2.53 bits per heavy atom. The average molecular weight is 489 g/mol. The summed E-state index contributed by atoms with van der Waals surface area (Å²) in [4.78, 5) is 38.5. The Bertz CT molecular complexity index is 1710. The van der Waals surface area contributed by atoms with Crippen LogP contribution in [0, 0.1) is 20.8 Å². The van der Waals surface area contributed by atoms with Gasteiger partial charge in [0, 0.05) is 5.02 Å². The van der Waals surface area contributed by atoms with Gasteiger partial charge < -0.3 is 4.98 Å². The van der Waals surface area contributed by atoms with E-state index < -0.39 is 0 Å². The molecule has 6 nitrogen and oxygen atoms in total. The maximum absolute atomic E-state index is 13.6. The van der Waals surface area contributed by atoms with Crippen molar-refractivity contribution in [2.45, 2.75) is 31.7 Å². The third kappa shape index (κ3) is 3.91. The second-order valence-corrected chi connectivity index (χ2v) is 9.57. The minimum atomic E-state index is -0.186. The summed E-state index contributed by atoms with van der Waals surface area (Å²) in [7, 11) is 0. The zero-order valence-corrected chi connectivity index (χ0v) is 20.4. The summed E-state index contributed by atoms with van der Waals surface area (Å²) in [6, 6.07) is 16.5. The summed E-state index contributed by atoms with van der Waals surface area (Å²) >= 11 is 7.53. The lowest BCUT2D eigenvalue weighted by Crippen LogP contribution is -2.23. The molecule has 5 aromatic rings. The summed E-state index contributed by atoms with van der Waals surface area (Å²) in [6.45, 7) is 5.93. The van der Waals surface area contributed by atoms with Crippen LogP contribution in [-0.4, -0.2) is 19.5 Å². The van der Waals surface area contributed by atoms with Crippen molar-refractivity contribution >= 4 is 45.2 Å². The molecule has 0 spiro atoms. The smallest absolute Gasteiger partial charge is 0.266 e. The number of fused-ring (bicyclic) bond motifs is 2. The van der Waals surface area contributed by atoms with Gasteiger partial charge in [-0.05, 0) is 67.8 Å². The molecule has 2 aromatic heterocycles.